The highest BCUT2D eigenvalue weighted by Crippen LogP contribution is 2.37. The zero-order valence-corrected chi connectivity index (χ0v) is 43.4. The summed E-state index contributed by atoms with van der Waals surface area (Å²) in [6.07, 6.45) is 2.32. The molecule has 3 N–H and O–H groups in total. The Kier molecular flexibility index (Phi) is 17.9. The van der Waals surface area contributed by atoms with Gasteiger partial charge < -0.3 is 59.7 Å². The summed E-state index contributed by atoms with van der Waals surface area (Å²) in [5.41, 5.74) is 0.223. The van der Waals surface area contributed by atoms with Crippen molar-refractivity contribution in [3.63, 3.8) is 0 Å². The first-order valence-corrected chi connectivity index (χ1v) is 26.0. The second-order valence-electron chi connectivity index (χ2n) is 20.3. The first kappa shape index (κ1) is 55.5. The lowest BCUT2D eigenvalue weighted by atomic mass is 9.84. The van der Waals surface area contributed by atoms with E-state index in [1.807, 2.05) is 13.1 Å². The number of pyridine rings is 1. The van der Waals surface area contributed by atoms with E-state index in [4.69, 9.17) is 9.47 Å². The Morgan fingerprint density at radius 2 is 1.51 bits per heavy atom. The summed E-state index contributed by atoms with van der Waals surface area (Å²) in [6.45, 7) is 6.27. The second-order valence-corrected chi connectivity index (χ2v) is 20.3. The van der Waals surface area contributed by atoms with Crippen LogP contribution in [0.1, 0.15) is 63.1 Å². The van der Waals surface area contributed by atoms with E-state index in [0.29, 0.717) is 70.6 Å². The number of anilines is 1. The number of urea groups is 1. The highest BCUT2D eigenvalue weighted by atomic mass is 19.4. The molecule has 0 spiro atoms. The smallest absolute Gasteiger partial charge is 0.370 e. The van der Waals surface area contributed by atoms with Gasteiger partial charge in [0.1, 0.15) is 38.0 Å². The van der Waals surface area contributed by atoms with Crippen molar-refractivity contribution in [1.82, 2.24) is 59.9 Å². The van der Waals surface area contributed by atoms with Crippen LogP contribution in [0.5, 0.6) is 0 Å². The van der Waals surface area contributed by atoms with Crippen molar-refractivity contribution >= 4 is 58.2 Å². The number of likely N-dealkylation sites (tertiary alicyclic amines) is 2. The SMILES string of the molecule is CC(C)N(C)[C@@H]1CC[C@H](N2CC[C@H](Nc3ncnc4ccc(C(F)(F)F)cc34)C2=O)[C@H](NC(=O)COCC(=O)N2CCN(C(=O)N3CCN(C(=O)COCCNC(=O)[C@H]4CC(=O)N(C)[C@@H]4c4cccnc4)CC3)CC2)C1. The average molecular weight is 1060 g/mol. The van der Waals surface area contributed by atoms with E-state index in [9.17, 15) is 46.7 Å². The fourth-order valence-corrected chi connectivity index (χ4v) is 10.9. The van der Waals surface area contributed by atoms with Crippen molar-refractivity contribution in [1.29, 1.82) is 0 Å². The number of benzene rings is 1. The van der Waals surface area contributed by atoms with E-state index in [1.165, 1.54) is 12.4 Å². The summed E-state index contributed by atoms with van der Waals surface area (Å²) in [4.78, 5) is 117. The molecule has 1 aliphatic carbocycles. The number of aromatic nitrogens is 3. The molecular weight excluding hydrogens is 996 g/mol. The summed E-state index contributed by atoms with van der Waals surface area (Å²) >= 11 is 0. The molecule has 0 radical (unpaired) electrons. The Balaban J connectivity index is 0.733. The minimum Gasteiger partial charge on any atom is -0.370 e. The van der Waals surface area contributed by atoms with Crippen LogP contribution in [0.2, 0.25) is 0 Å². The molecule has 76 heavy (non-hydrogen) atoms. The van der Waals surface area contributed by atoms with Gasteiger partial charge in [0.2, 0.25) is 35.4 Å². The molecule has 6 atom stereocenters. The van der Waals surface area contributed by atoms with Gasteiger partial charge in [-0.3, -0.25) is 33.8 Å². The quantitative estimate of drug-likeness (QED) is 0.163. The van der Waals surface area contributed by atoms with Crippen LogP contribution in [-0.4, -0.2) is 227 Å². The topological polar surface area (TPSA) is 235 Å². The highest BCUT2D eigenvalue weighted by molar-refractivity contribution is 5.94. The third kappa shape index (κ3) is 13.1. The molecule has 5 aliphatic rings. The van der Waals surface area contributed by atoms with Gasteiger partial charge >= 0.3 is 12.2 Å². The zero-order valence-electron chi connectivity index (χ0n) is 43.4. The number of ether oxygens (including phenoxy) is 2. The number of carbonyl (C=O) groups is 7. The third-order valence-corrected chi connectivity index (χ3v) is 15.4. The standard InChI is InChI=1S/C51H68F3N13O9/c1-32(2)61(3)35-8-10-41(67-14-11-39(49(67)73)60-47-36-24-34(51(52,53)54)7-9-38(36)57-31-58-47)40(25-35)59-42(68)28-76-30-45(71)64-17-21-66(22-18-64)50(74)65-19-15-63(16-20-65)44(70)29-75-23-13-56-48(72)37-26-43(69)62(4)46(37)33-6-5-12-55-27-33/h5-7,9,12,24,27,31-32,35,37,39-41,46H,8,10-11,13-23,25-26,28-30H2,1-4H3,(H,56,72)(H,59,68)(H,57,58,60)/t35-,37+,39+,40-,41+,46-/m1/s1. The number of carbonyl (C=O) groups excluding carboxylic acids is 7. The van der Waals surface area contributed by atoms with Crippen molar-refractivity contribution < 1.29 is 56.2 Å². The minimum absolute atomic E-state index is 0.0847. The molecule has 25 heteroatoms. The van der Waals surface area contributed by atoms with E-state index in [0.717, 1.165) is 24.1 Å². The number of hydrogen-bond donors (Lipinski definition) is 3. The normalized spacial score (nSPS) is 23.5. The van der Waals surface area contributed by atoms with Gasteiger partial charge in [-0.25, -0.2) is 14.8 Å². The number of halogens is 3. The Bertz CT molecular complexity index is 2580. The Hall–Kier alpha value is -6.73. The predicted octanol–water partition coefficient (Wildman–Crippen LogP) is 1.58. The van der Waals surface area contributed by atoms with Gasteiger partial charge in [-0.15, -0.1) is 0 Å². The van der Waals surface area contributed by atoms with Crippen molar-refractivity contribution in [2.75, 3.05) is 111 Å². The predicted molar refractivity (Wildman–Crippen MR) is 269 cm³/mol. The van der Waals surface area contributed by atoms with Crippen LogP contribution in [0, 0.1) is 5.92 Å². The van der Waals surface area contributed by atoms with E-state index >= 15 is 0 Å². The van der Waals surface area contributed by atoms with Gasteiger partial charge in [0, 0.05) is 109 Å². The number of hydrogen-bond acceptors (Lipinski definition) is 14. The maximum atomic E-state index is 14.0. The molecule has 0 unspecified atom stereocenters. The Morgan fingerprint density at radius 1 is 0.842 bits per heavy atom. The molecule has 1 saturated carbocycles. The first-order chi connectivity index (χ1) is 36.4. The first-order valence-electron chi connectivity index (χ1n) is 26.0. The van der Waals surface area contributed by atoms with Gasteiger partial charge in [0.05, 0.1) is 41.7 Å². The van der Waals surface area contributed by atoms with Gasteiger partial charge in [0.15, 0.2) is 0 Å². The summed E-state index contributed by atoms with van der Waals surface area (Å²) in [5, 5.41) is 9.13. The van der Waals surface area contributed by atoms with Crippen molar-refractivity contribution in [3.8, 4) is 0 Å². The lowest BCUT2D eigenvalue weighted by molar-refractivity contribution is -0.140. The fraction of sp³-hybridized carbons (Fsp3) is 0.608. The number of fused-ring (bicyclic) bond motifs is 1. The summed E-state index contributed by atoms with van der Waals surface area (Å²) in [7, 11) is 3.69. The molecule has 8 rings (SSSR count). The Morgan fingerprint density at radius 3 is 2.16 bits per heavy atom. The maximum absolute atomic E-state index is 14.0. The van der Waals surface area contributed by atoms with E-state index in [2.05, 4.69) is 49.6 Å². The number of amides is 8. The summed E-state index contributed by atoms with van der Waals surface area (Å²) in [6, 6.07) is 4.96. The van der Waals surface area contributed by atoms with Crippen molar-refractivity contribution in [2.45, 2.75) is 88.4 Å². The minimum atomic E-state index is -4.58. The van der Waals surface area contributed by atoms with Gasteiger partial charge in [-0.2, -0.15) is 13.2 Å². The molecule has 5 fully saturated rings. The molecule has 3 aromatic rings. The molecule has 2 aromatic heterocycles. The molecule has 22 nitrogen and oxygen atoms in total. The van der Waals surface area contributed by atoms with Crippen LogP contribution < -0.4 is 16.0 Å². The molecule has 1 aromatic carbocycles. The highest BCUT2D eigenvalue weighted by Gasteiger charge is 2.45. The summed E-state index contributed by atoms with van der Waals surface area (Å²) in [5.74, 6) is -2.12. The van der Waals surface area contributed by atoms with Crippen LogP contribution in [0.25, 0.3) is 10.9 Å². The van der Waals surface area contributed by atoms with Crippen LogP contribution >= 0.6 is 0 Å². The second kappa shape index (κ2) is 24.5. The molecular formula is C51H68F3N13O9. The van der Waals surface area contributed by atoms with Crippen LogP contribution in [-0.2, 0) is 44.4 Å². The van der Waals surface area contributed by atoms with Crippen molar-refractivity contribution in [2.24, 2.45) is 5.92 Å². The molecule has 8 amide bonds. The number of piperazine rings is 2. The van der Waals surface area contributed by atoms with Crippen LogP contribution in [0.4, 0.5) is 23.8 Å². The molecule has 0 bridgehead atoms. The summed E-state index contributed by atoms with van der Waals surface area (Å²) < 4.78 is 52.0. The largest absolute Gasteiger partial charge is 0.416 e. The zero-order chi connectivity index (χ0) is 54.3. The van der Waals surface area contributed by atoms with Crippen LogP contribution in [0.15, 0.2) is 49.1 Å². The van der Waals surface area contributed by atoms with Gasteiger partial charge in [0.25, 0.3) is 0 Å². The molecule has 412 valence electrons. The lowest BCUT2D eigenvalue weighted by Crippen LogP contribution is -2.59. The Labute approximate surface area is 438 Å². The average Bonchev–Trinajstić information content (AvgIpc) is 3.94. The monoisotopic (exact) mass is 1060 g/mol. The van der Waals surface area contributed by atoms with E-state index in [1.54, 1.807) is 54.9 Å². The lowest BCUT2D eigenvalue weighted by Gasteiger charge is -2.44. The number of nitrogens with zero attached hydrogens (tertiary/aromatic N) is 10. The molecule has 6 heterocycles. The number of nitrogens with one attached hydrogen (secondary N) is 3. The van der Waals surface area contributed by atoms with E-state index < -0.39 is 48.3 Å². The fourth-order valence-electron chi connectivity index (χ4n) is 10.9. The van der Waals surface area contributed by atoms with Gasteiger partial charge in [-0.1, -0.05) is 6.07 Å². The molecule has 4 aliphatic heterocycles. The maximum Gasteiger partial charge on any atom is 0.416 e. The molecule has 4 saturated heterocycles. The third-order valence-electron chi connectivity index (χ3n) is 15.4. The number of alkyl halides is 3. The van der Waals surface area contributed by atoms with Crippen LogP contribution in [0.3, 0.4) is 0 Å². The van der Waals surface area contributed by atoms with Gasteiger partial charge in [-0.05, 0) is 76.4 Å². The van der Waals surface area contributed by atoms with Crippen molar-refractivity contribution in [3.05, 3.63) is 60.2 Å². The van der Waals surface area contributed by atoms with E-state index in [-0.39, 0.29) is 111 Å². The number of rotatable bonds is 17.